The molecule has 128 valence electrons. The first-order valence-corrected chi connectivity index (χ1v) is 9.56. The largest absolute Gasteiger partial charge is 0.293 e. The fourth-order valence-electron chi connectivity index (χ4n) is 3.48. The maximum absolute atomic E-state index is 12.4. The molecule has 1 fully saturated rings. The van der Waals surface area contributed by atoms with Crippen LogP contribution in [0.5, 0.6) is 0 Å². The van der Waals surface area contributed by atoms with Crippen LogP contribution in [0.2, 0.25) is 0 Å². The molecule has 0 aromatic carbocycles. The van der Waals surface area contributed by atoms with E-state index < -0.39 is 0 Å². The van der Waals surface area contributed by atoms with E-state index in [-0.39, 0.29) is 5.56 Å². The van der Waals surface area contributed by atoms with Crippen LogP contribution >= 0.6 is 11.8 Å². The molecule has 2 aromatic rings. The number of rotatable bonds is 4. The van der Waals surface area contributed by atoms with E-state index >= 15 is 0 Å². The molecule has 4 heterocycles. The van der Waals surface area contributed by atoms with Crippen molar-refractivity contribution in [3.05, 3.63) is 39.1 Å². The summed E-state index contributed by atoms with van der Waals surface area (Å²) in [7, 11) is 0. The highest BCUT2D eigenvalue weighted by Gasteiger charge is 2.27. The minimum atomic E-state index is 0.0161. The van der Waals surface area contributed by atoms with Crippen molar-refractivity contribution in [3.8, 4) is 0 Å². The van der Waals surface area contributed by atoms with E-state index in [9.17, 15) is 4.79 Å². The number of hydrogen-bond donors (Lipinski definition) is 0. The first kappa shape index (κ1) is 15.8. The molecule has 1 saturated heterocycles. The summed E-state index contributed by atoms with van der Waals surface area (Å²) in [5.41, 5.74) is 3.93. The predicted octanol–water partition coefficient (Wildman–Crippen LogP) is 1.39. The number of likely N-dealkylation sites (tertiary alicyclic amines) is 1. The summed E-state index contributed by atoms with van der Waals surface area (Å²) < 4.78 is 6.45. The van der Waals surface area contributed by atoms with E-state index in [1.54, 1.807) is 10.7 Å². The van der Waals surface area contributed by atoms with E-state index in [4.69, 9.17) is 4.63 Å². The zero-order valence-corrected chi connectivity index (χ0v) is 14.6. The zero-order chi connectivity index (χ0) is 16.5. The summed E-state index contributed by atoms with van der Waals surface area (Å²) in [6, 6.07) is 2.08. The third-order valence-corrected chi connectivity index (χ3v) is 5.89. The Morgan fingerprint density at radius 1 is 1.42 bits per heavy atom. The Morgan fingerprint density at radius 2 is 2.33 bits per heavy atom. The molecule has 4 rings (SSSR count). The van der Waals surface area contributed by atoms with Gasteiger partial charge in [-0.05, 0) is 37.6 Å². The van der Waals surface area contributed by atoms with Gasteiger partial charge in [-0.25, -0.2) is 9.31 Å². The van der Waals surface area contributed by atoms with Gasteiger partial charge in [0.1, 0.15) is 11.4 Å². The average Bonchev–Trinajstić information content (AvgIpc) is 3.18. The van der Waals surface area contributed by atoms with E-state index in [1.807, 2.05) is 18.7 Å². The fourth-order valence-corrected chi connectivity index (χ4v) is 4.43. The van der Waals surface area contributed by atoms with Crippen molar-refractivity contribution in [2.75, 3.05) is 12.3 Å². The molecule has 7 nitrogen and oxygen atoms in total. The van der Waals surface area contributed by atoms with Gasteiger partial charge >= 0.3 is 0 Å². The van der Waals surface area contributed by atoms with Gasteiger partial charge < -0.3 is 0 Å². The smallest absolute Gasteiger partial charge is 0.267 e. The fraction of sp³-hybridized carbons (Fsp3) is 0.625. The van der Waals surface area contributed by atoms with Crippen LogP contribution in [0.3, 0.4) is 0 Å². The molecule has 0 amide bonds. The first-order chi connectivity index (χ1) is 11.7. The van der Waals surface area contributed by atoms with E-state index in [1.165, 1.54) is 0 Å². The van der Waals surface area contributed by atoms with Crippen LogP contribution in [-0.4, -0.2) is 43.3 Å². The third kappa shape index (κ3) is 3.12. The van der Waals surface area contributed by atoms with Crippen LogP contribution < -0.4 is 5.56 Å². The van der Waals surface area contributed by atoms with Crippen molar-refractivity contribution in [1.82, 2.24) is 25.0 Å². The highest BCUT2D eigenvalue weighted by atomic mass is 32.2. The lowest BCUT2D eigenvalue weighted by molar-refractivity contribution is 0.208. The van der Waals surface area contributed by atoms with Crippen molar-refractivity contribution in [3.63, 3.8) is 0 Å². The van der Waals surface area contributed by atoms with Gasteiger partial charge in [-0.1, -0.05) is 10.3 Å². The highest BCUT2D eigenvalue weighted by molar-refractivity contribution is 7.98. The maximum Gasteiger partial charge on any atom is 0.267 e. The highest BCUT2D eigenvalue weighted by Crippen LogP contribution is 2.23. The Balaban J connectivity index is 1.52. The minimum Gasteiger partial charge on any atom is -0.293 e. The van der Waals surface area contributed by atoms with Crippen molar-refractivity contribution in [2.24, 2.45) is 0 Å². The van der Waals surface area contributed by atoms with Crippen LogP contribution in [0.4, 0.5) is 0 Å². The van der Waals surface area contributed by atoms with Gasteiger partial charge in [0.2, 0.25) is 0 Å². The molecule has 24 heavy (non-hydrogen) atoms. The zero-order valence-electron chi connectivity index (χ0n) is 13.8. The Hall–Kier alpha value is -1.67. The Bertz CT molecular complexity index is 787. The van der Waals surface area contributed by atoms with Gasteiger partial charge in [0.25, 0.3) is 5.56 Å². The third-order valence-electron chi connectivity index (χ3n) is 4.89. The molecular weight excluding hydrogens is 326 g/mol. The average molecular weight is 347 g/mol. The SMILES string of the molecule is Cc1nonc1CN1CCCC1Cn1nc2c(cc1=O)CSCC2. The topological polar surface area (TPSA) is 77.1 Å². The standard InChI is InChI=1S/C16H21N5O2S/c1-11-15(19-23-18-11)9-20-5-2-3-13(20)8-21-16(22)7-12-10-24-6-4-14(12)17-21/h7,13H,2-6,8-10H2,1H3. The lowest BCUT2D eigenvalue weighted by Crippen LogP contribution is -2.37. The summed E-state index contributed by atoms with van der Waals surface area (Å²) in [5, 5.41) is 12.5. The number of nitrogens with zero attached hydrogens (tertiary/aromatic N) is 5. The van der Waals surface area contributed by atoms with Crippen molar-refractivity contribution in [2.45, 2.75) is 51.1 Å². The Kier molecular flexibility index (Phi) is 4.41. The summed E-state index contributed by atoms with van der Waals surface area (Å²) >= 11 is 1.87. The van der Waals surface area contributed by atoms with Crippen LogP contribution in [0.1, 0.15) is 35.5 Å². The second-order valence-electron chi connectivity index (χ2n) is 6.50. The van der Waals surface area contributed by atoms with Crippen molar-refractivity contribution >= 4 is 11.8 Å². The van der Waals surface area contributed by atoms with Gasteiger partial charge in [-0.3, -0.25) is 9.69 Å². The Labute approximate surface area is 144 Å². The van der Waals surface area contributed by atoms with Gasteiger partial charge in [0.05, 0.1) is 12.2 Å². The summed E-state index contributed by atoms with van der Waals surface area (Å²) in [6.07, 6.45) is 3.16. The normalized spacial score (nSPS) is 21.1. The molecular formula is C16H21N5O2S. The summed E-state index contributed by atoms with van der Waals surface area (Å²) in [5.74, 6) is 2.00. The molecule has 2 aromatic heterocycles. The summed E-state index contributed by atoms with van der Waals surface area (Å²) in [6.45, 7) is 4.28. The van der Waals surface area contributed by atoms with E-state index in [2.05, 4.69) is 20.3 Å². The van der Waals surface area contributed by atoms with Crippen molar-refractivity contribution in [1.29, 1.82) is 0 Å². The molecule has 8 heteroatoms. The van der Waals surface area contributed by atoms with Crippen LogP contribution in [0.15, 0.2) is 15.5 Å². The molecule has 0 N–H and O–H groups in total. The second-order valence-corrected chi connectivity index (χ2v) is 7.61. The molecule has 0 aliphatic carbocycles. The van der Waals surface area contributed by atoms with Gasteiger partial charge in [-0.2, -0.15) is 16.9 Å². The van der Waals surface area contributed by atoms with Gasteiger partial charge in [-0.15, -0.1) is 0 Å². The number of fused-ring (bicyclic) bond motifs is 1. The maximum atomic E-state index is 12.4. The predicted molar refractivity (Wildman–Crippen MR) is 90.8 cm³/mol. The quantitative estimate of drug-likeness (QED) is 0.827. The van der Waals surface area contributed by atoms with Crippen LogP contribution in [-0.2, 0) is 25.3 Å². The lowest BCUT2D eigenvalue weighted by atomic mass is 10.2. The first-order valence-electron chi connectivity index (χ1n) is 8.40. The van der Waals surface area contributed by atoms with E-state index in [0.717, 1.165) is 66.5 Å². The molecule has 0 radical (unpaired) electrons. The Morgan fingerprint density at radius 3 is 3.17 bits per heavy atom. The molecule has 1 unspecified atom stereocenters. The lowest BCUT2D eigenvalue weighted by Gasteiger charge is -2.24. The molecule has 0 saturated carbocycles. The molecule has 2 aliphatic heterocycles. The second kappa shape index (κ2) is 6.68. The number of aryl methyl sites for hydroxylation is 2. The molecule has 1 atom stereocenters. The molecule has 2 aliphatic rings. The monoisotopic (exact) mass is 347 g/mol. The van der Waals surface area contributed by atoms with Crippen LogP contribution in [0.25, 0.3) is 0 Å². The minimum absolute atomic E-state index is 0.0161. The number of hydrogen-bond acceptors (Lipinski definition) is 7. The van der Waals surface area contributed by atoms with Crippen LogP contribution in [0, 0.1) is 6.92 Å². The number of thioether (sulfide) groups is 1. The number of aromatic nitrogens is 4. The molecule has 0 bridgehead atoms. The van der Waals surface area contributed by atoms with Gasteiger partial charge in [0, 0.05) is 30.8 Å². The van der Waals surface area contributed by atoms with Crippen molar-refractivity contribution < 1.29 is 4.63 Å². The van der Waals surface area contributed by atoms with E-state index in [0.29, 0.717) is 12.6 Å². The van der Waals surface area contributed by atoms with Gasteiger partial charge in [0.15, 0.2) is 0 Å². The summed E-state index contributed by atoms with van der Waals surface area (Å²) in [4.78, 5) is 14.7. The molecule has 0 spiro atoms.